The summed E-state index contributed by atoms with van der Waals surface area (Å²) in [6.45, 7) is 7.97. The molecule has 1 aliphatic rings. The summed E-state index contributed by atoms with van der Waals surface area (Å²) in [6.07, 6.45) is 1.36. The average Bonchev–Trinajstić information content (AvgIpc) is 3.13. The molecule has 31 heavy (non-hydrogen) atoms. The zero-order valence-electron chi connectivity index (χ0n) is 19.1. The normalized spacial score (nSPS) is 21.3. The van der Waals surface area contributed by atoms with Crippen molar-refractivity contribution < 1.29 is 8.78 Å². The smallest absolute Gasteiger partial charge is 0.132 e. The summed E-state index contributed by atoms with van der Waals surface area (Å²) in [4.78, 5) is 2.56. The maximum Gasteiger partial charge on any atom is 0.132 e. The van der Waals surface area contributed by atoms with Gasteiger partial charge in [0.15, 0.2) is 0 Å². The van der Waals surface area contributed by atoms with Gasteiger partial charge in [0, 0.05) is 19.5 Å². The Morgan fingerprint density at radius 1 is 0.968 bits per heavy atom. The molecule has 2 aromatic carbocycles. The van der Waals surface area contributed by atoms with Crippen molar-refractivity contribution in [3.63, 3.8) is 0 Å². The molecule has 2 aromatic rings. The van der Waals surface area contributed by atoms with Crippen LogP contribution in [-0.4, -0.2) is 29.8 Å². The van der Waals surface area contributed by atoms with Crippen molar-refractivity contribution in [2.75, 3.05) is 6.54 Å². The Bertz CT molecular complexity index is 775. The number of nitrogens with zero attached hydrogens (tertiary/aromatic N) is 2. The molecule has 0 spiro atoms. The SMILES string of the molecule is CC#N.CCC(CCc1ccc(C2CC(F)C(F)C2)cc1)N(CC)Cc1ccccc1. The van der Waals surface area contributed by atoms with Crippen LogP contribution in [0.3, 0.4) is 0 Å². The topological polar surface area (TPSA) is 27.0 Å². The molecular weight excluding hydrogens is 390 g/mol. The molecule has 3 rings (SSSR count). The molecule has 0 saturated heterocycles. The highest BCUT2D eigenvalue weighted by Crippen LogP contribution is 2.38. The van der Waals surface area contributed by atoms with E-state index < -0.39 is 12.3 Å². The number of halogens is 2. The van der Waals surface area contributed by atoms with Crippen molar-refractivity contribution in [1.82, 2.24) is 4.90 Å². The Balaban J connectivity index is 0.00000107. The number of nitriles is 1. The van der Waals surface area contributed by atoms with E-state index in [-0.39, 0.29) is 5.92 Å². The third kappa shape index (κ3) is 7.74. The molecular formula is C27H36F2N2. The molecule has 0 aromatic heterocycles. The van der Waals surface area contributed by atoms with E-state index in [1.807, 2.05) is 0 Å². The first-order chi connectivity index (χ1) is 15.0. The van der Waals surface area contributed by atoms with Crippen LogP contribution in [0.2, 0.25) is 0 Å². The first kappa shape index (κ1) is 25.0. The fourth-order valence-electron chi connectivity index (χ4n) is 4.46. The highest BCUT2D eigenvalue weighted by atomic mass is 19.2. The van der Waals surface area contributed by atoms with Crippen molar-refractivity contribution in [1.29, 1.82) is 5.26 Å². The summed E-state index contributed by atoms with van der Waals surface area (Å²) < 4.78 is 26.9. The van der Waals surface area contributed by atoms with Crippen LogP contribution >= 0.6 is 0 Å². The van der Waals surface area contributed by atoms with E-state index in [0.29, 0.717) is 18.9 Å². The Morgan fingerprint density at radius 3 is 2.06 bits per heavy atom. The quantitative estimate of drug-likeness (QED) is 0.431. The van der Waals surface area contributed by atoms with Crippen molar-refractivity contribution in [3.05, 3.63) is 71.3 Å². The third-order valence-corrected chi connectivity index (χ3v) is 6.25. The first-order valence-corrected chi connectivity index (χ1v) is 11.5. The Labute approximate surface area is 186 Å². The van der Waals surface area contributed by atoms with Gasteiger partial charge in [-0.15, -0.1) is 0 Å². The summed E-state index contributed by atoms with van der Waals surface area (Å²) in [5, 5.41) is 7.32. The minimum Gasteiger partial charge on any atom is -0.296 e. The molecule has 3 unspecified atom stereocenters. The van der Waals surface area contributed by atoms with Crippen LogP contribution in [0.5, 0.6) is 0 Å². The number of aryl methyl sites for hydroxylation is 1. The molecule has 1 fully saturated rings. The molecule has 2 nitrogen and oxygen atoms in total. The molecule has 1 aliphatic carbocycles. The fourth-order valence-corrected chi connectivity index (χ4v) is 4.46. The van der Waals surface area contributed by atoms with Crippen LogP contribution in [0.15, 0.2) is 54.6 Å². The zero-order chi connectivity index (χ0) is 22.6. The van der Waals surface area contributed by atoms with Gasteiger partial charge in [0.25, 0.3) is 0 Å². The van der Waals surface area contributed by atoms with E-state index in [1.54, 1.807) is 6.07 Å². The highest BCUT2D eigenvalue weighted by molar-refractivity contribution is 5.27. The van der Waals surface area contributed by atoms with Gasteiger partial charge in [-0.05, 0) is 61.3 Å². The summed E-state index contributed by atoms with van der Waals surface area (Å²) in [5.41, 5.74) is 3.75. The van der Waals surface area contributed by atoms with Crippen molar-refractivity contribution in [2.24, 2.45) is 0 Å². The van der Waals surface area contributed by atoms with Gasteiger partial charge < -0.3 is 0 Å². The molecule has 0 N–H and O–H groups in total. The highest BCUT2D eigenvalue weighted by Gasteiger charge is 2.35. The molecule has 0 bridgehead atoms. The summed E-state index contributed by atoms with van der Waals surface area (Å²) in [7, 11) is 0. The van der Waals surface area contributed by atoms with Crippen LogP contribution < -0.4 is 0 Å². The Morgan fingerprint density at radius 2 is 1.55 bits per heavy atom. The van der Waals surface area contributed by atoms with Crippen LogP contribution in [0.4, 0.5) is 8.78 Å². The summed E-state index contributed by atoms with van der Waals surface area (Å²) in [5.74, 6) is 0.0314. The minimum absolute atomic E-state index is 0.0314. The van der Waals surface area contributed by atoms with E-state index in [0.717, 1.165) is 37.9 Å². The molecule has 0 amide bonds. The van der Waals surface area contributed by atoms with Gasteiger partial charge in [-0.1, -0.05) is 68.4 Å². The molecule has 0 aliphatic heterocycles. The van der Waals surface area contributed by atoms with E-state index in [9.17, 15) is 8.78 Å². The fraction of sp³-hybridized carbons (Fsp3) is 0.519. The monoisotopic (exact) mass is 426 g/mol. The average molecular weight is 427 g/mol. The standard InChI is InChI=1S/C25H33F2N.C2H3N/c1-3-23(28(4-2)18-20-8-6-5-7-9-20)15-12-19-10-13-21(14-11-19)22-16-24(26)25(27)17-22;1-2-3/h5-11,13-14,22-25H,3-4,12,15-18H2,1-2H3;1H3. The number of benzene rings is 2. The molecule has 1 saturated carbocycles. The Kier molecular flexibility index (Phi) is 10.7. The number of rotatable bonds is 9. The third-order valence-electron chi connectivity index (χ3n) is 6.25. The van der Waals surface area contributed by atoms with Crippen LogP contribution in [0.25, 0.3) is 0 Å². The molecule has 0 radical (unpaired) electrons. The lowest BCUT2D eigenvalue weighted by atomic mass is 9.95. The van der Waals surface area contributed by atoms with Crippen LogP contribution in [-0.2, 0) is 13.0 Å². The summed E-state index contributed by atoms with van der Waals surface area (Å²) >= 11 is 0. The van der Waals surface area contributed by atoms with Crippen molar-refractivity contribution >= 4 is 0 Å². The zero-order valence-corrected chi connectivity index (χ0v) is 19.1. The summed E-state index contributed by atoms with van der Waals surface area (Å²) in [6, 6.07) is 21.4. The van der Waals surface area contributed by atoms with Gasteiger partial charge >= 0.3 is 0 Å². The van der Waals surface area contributed by atoms with Gasteiger partial charge in [-0.25, -0.2) is 8.78 Å². The van der Waals surface area contributed by atoms with Gasteiger partial charge in [0.2, 0.25) is 0 Å². The number of hydrogen-bond acceptors (Lipinski definition) is 2. The molecule has 3 atom stereocenters. The van der Waals surface area contributed by atoms with E-state index >= 15 is 0 Å². The van der Waals surface area contributed by atoms with Crippen LogP contribution in [0, 0.1) is 11.3 Å². The molecule has 168 valence electrons. The van der Waals surface area contributed by atoms with Crippen molar-refractivity contribution in [3.8, 4) is 6.07 Å². The number of hydrogen-bond donors (Lipinski definition) is 0. The van der Waals surface area contributed by atoms with E-state index in [2.05, 4.69) is 73.3 Å². The molecule has 4 heteroatoms. The van der Waals surface area contributed by atoms with Gasteiger partial charge in [0.05, 0.1) is 6.07 Å². The number of alkyl halides is 2. The predicted octanol–water partition coefficient (Wildman–Crippen LogP) is 7.00. The van der Waals surface area contributed by atoms with Crippen molar-refractivity contribution in [2.45, 2.75) is 83.7 Å². The lowest BCUT2D eigenvalue weighted by Crippen LogP contribution is -2.34. The Hall–Kier alpha value is -2.25. The van der Waals surface area contributed by atoms with E-state index in [1.165, 1.54) is 18.1 Å². The first-order valence-electron chi connectivity index (χ1n) is 11.5. The van der Waals surface area contributed by atoms with Gasteiger partial charge in [0.1, 0.15) is 12.3 Å². The minimum atomic E-state index is -1.29. The molecule has 0 heterocycles. The van der Waals surface area contributed by atoms with Gasteiger partial charge in [-0.3, -0.25) is 4.90 Å². The maximum absolute atomic E-state index is 13.5. The van der Waals surface area contributed by atoms with Crippen LogP contribution in [0.1, 0.15) is 69.1 Å². The maximum atomic E-state index is 13.5. The lowest BCUT2D eigenvalue weighted by molar-refractivity contribution is 0.182. The second-order valence-electron chi connectivity index (χ2n) is 8.31. The second-order valence-corrected chi connectivity index (χ2v) is 8.31. The predicted molar refractivity (Wildman–Crippen MR) is 124 cm³/mol. The largest absolute Gasteiger partial charge is 0.296 e. The lowest BCUT2D eigenvalue weighted by Gasteiger charge is -2.30. The van der Waals surface area contributed by atoms with Gasteiger partial charge in [-0.2, -0.15) is 5.26 Å². The second kappa shape index (κ2) is 13.2. The van der Waals surface area contributed by atoms with E-state index in [4.69, 9.17) is 5.26 Å².